The minimum absolute atomic E-state index is 0.126. The molecule has 0 bridgehead atoms. The Morgan fingerprint density at radius 3 is 2.95 bits per heavy atom. The Balaban J connectivity index is 1.99. The van der Waals surface area contributed by atoms with E-state index in [0.717, 1.165) is 13.0 Å². The molecule has 3 amide bonds. The zero-order chi connectivity index (χ0) is 15.2. The molecule has 1 saturated heterocycles. The molecule has 1 aromatic heterocycles. The zero-order valence-electron chi connectivity index (χ0n) is 11.7. The normalized spacial score (nSPS) is 18.0. The monoisotopic (exact) mass is 291 g/mol. The van der Waals surface area contributed by atoms with Crippen LogP contribution in [0, 0.1) is 0 Å². The van der Waals surface area contributed by atoms with Crippen LogP contribution < -0.4 is 16.0 Å². The summed E-state index contributed by atoms with van der Waals surface area (Å²) in [7, 11) is 0. The van der Waals surface area contributed by atoms with E-state index in [-0.39, 0.29) is 24.4 Å². The Hall–Kier alpha value is -2.51. The van der Waals surface area contributed by atoms with E-state index in [1.807, 2.05) is 6.92 Å². The zero-order valence-corrected chi connectivity index (χ0v) is 11.7. The van der Waals surface area contributed by atoms with Crippen molar-refractivity contribution in [1.29, 1.82) is 0 Å². The molecule has 1 atom stereocenters. The lowest BCUT2D eigenvalue weighted by molar-refractivity contribution is -0.134. The lowest BCUT2D eigenvalue weighted by Crippen LogP contribution is -2.52. The highest BCUT2D eigenvalue weighted by atomic mass is 16.2. The second-order valence-electron chi connectivity index (χ2n) is 4.69. The van der Waals surface area contributed by atoms with Gasteiger partial charge in [0.25, 0.3) is 5.91 Å². The van der Waals surface area contributed by atoms with Crippen molar-refractivity contribution in [1.82, 2.24) is 20.6 Å². The van der Waals surface area contributed by atoms with Gasteiger partial charge in [-0.1, -0.05) is 6.92 Å². The van der Waals surface area contributed by atoms with Crippen molar-refractivity contribution in [3.63, 3.8) is 0 Å². The smallest absolute Gasteiger partial charge is 0.272 e. The van der Waals surface area contributed by atoms with Crippen LogP contribution in [0.25, 0.3) is 0 Å². The average molecular weight is 291 g/mol. The van der Waals surface area contributed by atoms with Gasteiger partial charge in [-0.2, -0.15) is 0 Å². The van der Waals surface area contributed by atoms with Crippen molar-refractivity contribution < 1.29 is 14.4 Å². The number of imide groups is 1. The number of nitrogens with one attached hydrogen (secondary N) is 3. The average Bonchev–Trinajstić information content (AvgIpc) is 2.48. The molecule has 0 aromatic carbocycles. The predicted octanol–water partition coefficient (Wildman–Crippen LogP) is -0.166. The molecule has 3 N–H and O–H groups in total. The van der Waals surface area contributed by atoms with Crippen LogP contribution in [-0.2, 0) is 9.59 Å². The van der Waals surface area contributed by atoms with Gasteiger partial charge in [0, 0.05) is 13.0 Å². The van der Waals surface area contributed by atoms with E-state index in [9.17, 15) is 14.4 Å². The SMILES string of the molecule is CCCNc1cncc(C(=O)NC2CCC(=O)NC2=O)n1. The second kappa shape index (κ2) is 6.78. The summed E-state index contributed by atoms with van der Waals surface area (Å²) in [5, 5.41) is 7.77. The van der Waals surface area contributed by atoms with E-state index in [0.29, 0.717) is 5.82 Å². The molecule has 112 valence electrons. The van der Waals surface area contributed by atoms with Crippen molar-refractivity contribution in [2.45, 2.75) is 32.2 Å². The minimum Gasteiger partial charge on any atom is -0.369 e. The van der Waals surface area contributed by atoms with Crippen LogP contribution in [0.1, 0.15) is 36.7 Å². The molecule has 0 saturated carbocycles. The number of nitrogens with zero attached hydrogens (tertiary/aromatic N) is 2. The summed E-state index contributed by atoms with van der Waals surface area (Å²) >= 11 is 0. The predicted molar refractivity (Wildman–Crippen MR) is 74.5 cm³/mol. The maximum atomic E-state index is 12.1. The molecule has 8 heteroatoms. The summed E-state index contributed by atoms with van der Waals surface area (Å²) in [4.78, 5) is 42.8. The Morgan fingerprint density at radius 1 is 1.43 bits per heavy atom. The summed E-state index contributed by atoms with van der Waals surface area (Å²) < 4.78 is 0. The topological polar surface area (TPSA) is 113 Å². The largest absolute Gasteiger partial charge is 0.369 e. The number of amides is 3. The third-order valence-corrected chi connectivity index (χ3v) is 2.97. The Kier molecular flexibility index (Phi) is 4.81. The number of rotatable bonds is 5. The van der Waals surface area contributed by atoms with E-state index in [2.05, 4.69) is 25.9 Å². The van der Waals surface area contributed by atoms with Crippen LogP contribution in [0.3, 0.4) is 0 Å². The molecule has 0 radical (unpaired) electrons. The van der Waals surface area contributed by atoms with E-state index in [4.69, 9.17) is 0 Å². The van der Waals surface area contributed by atoms with Crippen LogP contribution >= 0.6 is 0 Å². The van der Waals surface area contributed by atoms with Gasteiger partial charge in [-0.05, 0) is 12.8 Å². The molecule has 0 spiro atoms. The summed E-state index contributed by atoms with van der Waals surface area (Å²) in [6, 6.07) is -0.718. The summed E-state index contributed by atoms with van der Waals surface area (Å²) in [6.07, 6.45) is 4.28. The molecule has 21 heavy (non-hydrogen) atoms. The van der Waals surface area contributed by atoms with Crippen LogP contribution in [0.15, 0.2) is 12.4 Å². The highest BCUT2D eigenvalue weighted by Gasteiger charge is 2.28. The van der Waals surface area contributed by atoms with Gasteiger partial charge in [-0.3, -0.25) is 24.7 Å². The first-order valence-corrected chi connectivity index (χ1v) is 6.80. The van der Waals surface area contributed by atoms with Gasteiger partial charge in [0.15, 0.2) is 0 Å². The lowest BCUT2D eigenvalue weighted by atomic mass is 10.1. The van der Waals surface area contributed by atoms with E-state index in [1.54, 1.807) is 0 Å². The van der Waals surface area contributed by atoms with Crippen LogP contribution in [-0.4, -0.2) is 40.3 Å². The molecule has 1 aliphatic heterocycles. The maximum absolute atomic E-state index is 12.1. The molecule has 1 aliphatic rings. The number of piperidine rings is 1. The van der Waals surface area contributed by atoms with Gasteiger partial charge in [-0.15, -0.1) is 0 Å². The number of carbonyl (C=O) groups excluding carboxylic acids is 3. The summed E-state index contributed by atoms with van der Waals surface area (Å²) in [6.45, 7) is 2.74. The van der Waals surface area contributed by atoms with Gasteiger partial charge >= 0.3 is 0 Å². The van der Waals surface area contributed by atoms with Gasteiger partial charge in [0.05, 0.1) is 12.4 Å². The third-order valence-electron chi connectivity index (χ3n) is 2.97. The van der Waals surface area contributed by atoms with Gasteiger partial charge in [0.1, 0.15) is 17.6 Å². The Labute approximate surface area is 121 Å². The van der Waals surface area contributed by atoms with E-state index < -0.39 is 17.9 Å². The summed E-state index contributed by atoms with van der Waals surface area (Å²) in [5.74, 6) is -0.797. The molecule has 2 rings (SSSR count). The number of carbonyl (C=O) groups is 3. The Bertz CT molecular complexity index is 560. The van der Waals surface area contributed by atoms with Crippen LogP contribution in [0.2, 0.25) is 0 Å². The molecule has 8 nitrogen and oxygen atoms in total. The van der Waals surface area contributed by atoms with Crippen molar-refractivity contribution in [2.24, 2.45) is 0 Å². The fourth-order valence-electron chi connectivity index (χ4n) is 1.88. The number of hydrogen-bond acceptors (Lipinski definition) is 6. The van der Waals surface area contributed by atoms with E-state index >= 15 is 0 Å². The van der Waals surface area contributed by atoms with Crippen LogP contribution in [0.4, 0.5) is 5.82 Å². The standard InChI is InChI=1S/C13H17N5O3/c1-2-5-15-10-7-14-6-9(16-10)13(21)17-8-3-4-11(19)18-12(8)20/h6-8H,2-5H2,1H3,(H,15,16)(H,17,21)(H,18,19,20). The van der Waals surface area contributed by atoms with Crippen molar-refractivity contribution >= 4 is 23.5 Å². The van der Waals surface area contributed by atoms with Crippen molar-refractivity contribution in [3.8, 4) is 0 Å². The molecule has 1 fully saturated rings. The lowest BCUT2D eigenvalue weighted by Gasteiger charge is -2.21. The molecule has 0 aliphatic carbocycles. The van der Waals surface area contributed by atoms with Gasteiger partial charge < -0.3 is 10.6 Å². The maximum Gasteiger partial charge on any atom is 0.272 e. The third kappa shape index (κ3) is 3.98. The van der Waals surface area contributed by atoms with Crippen molar-refractivity contribution in [2.75, 3.05) is 11.9 Å². The number of anilines is 1. The number of aromatic nitrogens is 2. The number of hydrogen-bond donors (Lipinski definition) is 3. The second-order valence-corrected chi connectivity index (χ2v) is 4.69. The fraction of sp³-hybridized carbons (Fsp3) is 0.462. The molecular formula is C13H17N5O3. The fourth-order valence-corrected chi connectivity index (χ4v) is 1.88. The van der Waals surface area contributed by atoms with Gasteiger partial charge in [-0.25, -0.2) is 4.98 Å². The minimum atomic E-state index is -0.718. The summed E-state index contributed by atoms with van der Waals surface area (Å²) in [5.41, 5.74) is 0.126. The molecule has 2 heterocycles. The highest BCUT2D eigenvalue weighted by molar-refractivity contribution is 6.03. The van der Waals surface area contributed by atoms with E-state index in [1.165, 1.54) is 12.4 Å². The molecular weight excluding hydrogens is 274 g/mol. The first-order chi connectivity index (χ1) is 10.1. The first-order valence-electron chi connectivity index (χ1n) is 6.80. The quantitative estimate of drug-likeness (QED) is 0.649. The highest BCUT2D eigenvalue weighted by Crippen LogP contribution is 2.07. The Morgan fingerprint density at radius 2 is 2.24 bits per heavy atom. The van der Waals surface area contributed by atoms with Crippen molar-refractivity contribution in [3.05, 3.63) is 18.1 Å². The molecule has 1 unspecified atom stereocenters. The molecule has 1 aromatic rings. The first kappa shape index (κ1) is 14.9. The van der Waals surface area contributed by atoms with Gasteiger partial charge in [0.2, 0.25) is 11.8 Å². The van der Waals surface area contributed by atoms with Crippen LogP contribution in [0.5, 0.6) is 0 Å².